The van der Waals surface area contributed by atoms with E-state index in [4.69, 9.17) is 4.74 Å². The number of aryl methyl sites for hydroxylation is 2. The molecule has 0 radical (unpaired) electrons. The Morgan fingerprint density at radius 2 is 1.46 bits per heavy atom. The fourth-order valence-electron chi connectivity index (χ4n) is 3.22. The van der Waals surface area contributed by atoms with Gasteiger partial charge in [-0.25, -0.2) is 4.79 Å². The van der Waals surface area contributed by atoms with Crippen LogP contribution in [0.2, 0.25) is 0 Å². The number of carbonyl (C=O) groups is 2. The Bertz CT molecular complexity index is 669. The molecule has 0 aliphatic heterocycles. The van der Waals surface area contributed by atoms with Crippen LogP contribution >= 0.6 is 0 Å². The second-order valence-corrected chi connectivity index (χ2v) is 8.14. The highest BCUT2D eigenvalue weighted by molar-refractivity contribution is 5.77. The molecule has 158 valence electrons. The molecule has 0 heterocycles. The van der Waals surface area contributed by atoms with Crippen LogP contribution in [-0.2, 0) is 16.6 Å². The SMILES string of the molecule is CCN(CC)C(=O)CCc1cc(C(C)(C)C)cc(C)c1OC(=O)N(CC)CC. The fraction of sp³-hybridized carbons (Fsp3) is 0.652. The van der Waals surface area contributed by atoms with Crippen molar-refractivity contribution in [1.82, 2.24) is 9.80 Å². The van der Waals surface area contributed by atoms with E-state index < -0.39 is 0 Å². The van der Waals surface area contributed by atoms with E-state index in [1.807, 2.05) is 39.5 Å². The standard InChI is InChI=1S/C23H38N2O3/c1-9-24(10-2)20(26)14-13-18-16-19(23(6,7)8)15-17(5)21(18)28-22(27)25(11-3)12-4/h15-16H,9-14H2,1-8H3. The molecule has 0 saturated carbocycles. The number of carbonyl (C=O) groups excluding carboxylic acids is 2. The van der Waals surface area contributed by atoms with Crippen molar-refractivity contribution in [3.8, 4) is 5.75 Å². The number of hydrogen-bond donors (Lipinski definition) is 0. The lowest BCUT2D eigenvalue weighted by Gasteiger charge is -2.25. The summed E-state index contributed by atoms with van der Waals surface area (Å²) in [7, 11) is 0. The second kappa shape index (κ2) is 10.5. The van der Waals surface area contributed by atoms with Gasteiger partial charge in [0.15, 0.2) is 0 Å². The van der Waals surface area contributed by atoms with E-state index >= 15 is 0 Å². The van der Waals surface area contributed by atoms with Crippen LogP contribution in [0.25, 0.3) is 0 Å². The lowest BCUT2D eigenvalue weighted by Crippen LogP contribution is -2.33. The summed E-state index contributed by atoms with van der Waals surface area (Å²) < 4.78 is 5.80. The lowest BCUT2D eigenvalue weighted by molar-refractivity contribution is -0.130. The molecule has 1 aromatic rings. The highest BCUT2D eigenvalue weighted by Crippen LogP contribution is 2.32. The molecule has 5 heteroatoms. The number of rotatable bonds is 8. The third-order valence-electron chi connectivity index (χ3n) is 5.15. The van der Waals surface area contributed by atoms with Crippen LogP contribution < -0.4 is 4.74 Å². The molecule has 0 unspecified atom stereocenters. The molecule has 0 N–H and O–H groups in total. The Labute approximate surface area is 171 Å². The molecule has 1 rings (SSSR count). The van der Waals surface area contributed by atoms with Gasteiger partial charge in [0.05, 0.1) is 0 Å². The molecule has 5 nitrogen and oxygen atoms in total. The Morgan fingerprint density at radius 3 is 1.93 bits per heavy atom. The third kappa shape index (κ3) is 6.25. The fourth-order valence-corrected chi connectivity index (χ4v) is 3.22. The van der Waals surface area contributed by atoms with E-state index in [0.29, 0.717) is 44.8 Å². The van der Waals surface area contributed by atoms with E-state index in [0.717, 1.165) is 11.1 Å². The molecule has 0 aliphatic rings. The van der Waals surface area contributed by atoms with Crippen molar-refractivity contribution in [2.75, 3.05) is 26.2 Å². The van der Waals surface area contributed by atoms with Crippen molar-refractivity contribution in [2.24, 2.45) is 0 Å². The van der Waals surface area contributed by atoms with Gasteiger partial charge in [-0.2, -0.15) is 0 Å². The van der Waals surface area contributed by atoms with Gasteiger partial charge in [0.25, 0.3) is 0 Å². The summed E-state index contributed by atoms with van der Waals surface area (Å²) in [5.41, 5.74) is 3.01. The van der Waals surface area contributed by atoms with Crippen LogP contribution in [0.4, 0.5) is 4.79 Å². The molecule has 1 aromatic carbocycles. The molecule has 2 amide bonds. The van der Waals surface area contributed by atoms with Crippen LogP contribution in [0.3, 0.4) is 0 Å². The summed E-state index contributed by atoms with van der Waals surface area (Å²) in [6, 6.07) is 4.17. The Balaban J connectivity index is 3.23. The molecule has 0 aliphatic carbocycles. The van der Waals surface area contributed by atoms with Gasteiger partial charge < -0.3 is 14.5 Å². The summed E-state index contributed by atoms with van der Waals surface area (Å²) >= 11 is 0. The molecule has 0 atom stereocenters. The molecular weight excluding hydrogens is 352 g/mol. The van der Waals surface area contributed by atoms with Crippen LogP contribution in [0, 0.1) is 6.92 Å². The number of benzene rings is 1. The molecule has 0 bridgehead atoms. The van der Waals surface area contributed by atoms with Crippen LogP contribution in [0.5, 0.6) is 5.75 Å². The second-order valence-electron chi connectivity index (χ2n) is 8.14. The van der Waals surface area contributed by atoms with E-state index in [2.05, 4.69) is 32.9 Å². The third-order valence-corrected chi connectivity index (χ3v) is 5.15. The normalized spacial score (nSPS) is 11.3. The monoisotopic (exact) mass is 390 g/mol. The minimum absolute atomic E-state index is 0.0240. The van der Waals surface area contributed by atoms with Crippen LogP contribution in [0.1, 0.15) is 71.6 Å². The van der Waals surface area contributed by atoms with Crippen molar-refractivity contribution in [3.63, 3.8) is 0 Å². The summed E-state index contributed by atoms with van der Waals surface area (Å²) in [6.45, 7) is 18.9. The molecule has 0 saturated heterocycles. The lowest BCUT2D eigenvalue weighted by atomic mass is 9.84. The summed E-state index contributed by atoms with van der Waals surface area (Å²) in [6.07, 6.45) is 0.624. The highest BCUT2D eigenvalue weighted by Gasteiger charge is 2.22. The Hall–Kier alpha value is -2.04. The van der Waals surface area contributed by atoms with Crippen molar-refractivity contribution >= 4 is 12.0 Å². The average Bonchev–Trinajstić information content (AvgIpc) is 2.63. The number of nitrogens with zero attached hydrogens (tertiary/aromatic N) is 2. The van der Waals surface area contributed by atoms with Crippen LogP contribution in [0.15, 0.2) is 12.1 Å². The van der Waals surface area contributed by atoms with Crippen molar-refractivity contribution < 1.29 is 14.3 Å². The minimum atomic E-state index is -0.340. The van der Waals surface area contributed by atoms with E-state index in [9.17, 15) is 9.59 Å². The molecule has 0 spiro atoms. The van der Waals surface area contributed by atoms with Gasteiger partial charge in [0.2, 0.25) is 5.91 Å². The highest BCUT2D eigenvalue weighted by atomic mass is 16.6. The van der Waals surface area contributed by atoms with Gasteiger partial charge in [-0.3, -0.25) is 4.79 Å². The maximum atomic E-state index is 12.5. The predicted molar refractivity (Wildman–Crippen MR) is 115 cm³/mol. The van der Waals surface area contributed by atoms with Crippen molar-refractivity contribution in [1.29, 1.82) is 0 Å². The average molecular weight is 391 g/mol. The molecule has 0 aromatic heterocycles. The molecule has 0 fully saturated rings. The summed E-state index contributed by atoms with van der Waals surface area (Å²) in [5, 5.41) is 0. The van der Waals surface area contributed by atoms with Crippen molar-refractivity contribution in [3.05, 3.63) is 28.8 Å². The number of ether oxygens (including phenoxy) is 1. The number of hydrogen-bond acceptors (Lipinski definition) is 3. The first-order valence-electron chi connectivity index (χ1n) is 10.5. The quantitative estimate of drug-likeness (QED) is 0.632. The Morgan fingerprint density at radius 1 is 0.929 bits per heavy atom. The van der Waals surface area contributed by atoms with Gasteiger partial charge in [-0.05, 0) is 63.1 Å². The predicted octanol–water partition coefficient (Wildman–Crippen LogP) is 4.93. The maximum Gasteiger partial charge on any atom is 0.415 e. The Kier molecular flexibility index (Phi) is 8.99. The van der Waals surface area contributed by atoms with Gasteiger partial charge >= 0.3 is 6.09 Å². The van der Waals surface area contributed by atoms with Gasteiger partial charge in [0, 0.05) is 32.6 Å². The maximum absolute atomic E-state index is 12.5. The zero-order valence-electron chi connectivity index (χ0n) is 19.0. The van der Waals surface area contributed by atoms with Gasteiger partial charge in [-0.15, -0.1) is 0 Å². The first-order valence-corrected chi connectivity index (χ1v) is 10.5. The van der Waals surface area contributed by atoms with E-state index in [1.54, 1.807) is 4.90 Å². The zero-order valence-corrected chi connectivity index (χ0v) is 19.0. The van der Waals surface area contributed by atoms with Crippen LogP contribution in [-0.4, -0.2) is 48.0 Å². The largest absolute Gasteiger partial charge is 0.415 e. The topological polar surface area (TPSA) is 49.9 Å². The van der Waals surface area contributed by atoms with Crippen molar-refractivity contribution in [2.45, 2.75) is 73.6 Å². The van der Waals surface area contributed by atoms with E-state index in [-0.39, 0.29) is 17.4 Å². The van der Waals surface area contributed by atoms with E-state index in [1.165, 1.54) is 5.56 Å². The zero-order chi connectivity index (χ0) is 21.5. The van der Waals surface area contributed by atoms with Gasteiger partial charge in [0.1, 0.15) is 5.75 Å². The summed E-state index contributed by atoms with van der Waals surface area (Å²) in [4.78, 5) is 28.5. The first kappa shape index (κ1) is 24.0. The first-order chi connectivity index (χ1) is 13.1. The number of amides is 2. The molecular formula is C23H38N2O3. The minimum Gasteiger partial charge on any atom is -0.410 e. The smallest absolute Gasteiger partial charge is 0.410 e. The summed E-state index contributed by atoms with van der Waals surface area (Å²) in [5.74, 6) is 0.724. The van der Waals surface area contributed by atoms with Gasteiger partial charge in [-0.1, -0.05) is 32.9 Å². The molecule has 28 heavy (non-hydrogen) atoms.